The molecule has 0 radical (unpaired) electrons. The van der Waals surface area contributed by atoms with E-state index in [0.29, 0.717) is 23.8 Å². The van der Waals surface area contributed by atoms with Crippen molar-refractivity contribution in [3.8, 4) is 0 Å². The van der Waals surface area contributed by atoms with E-state index in [1.54, 1.807) is 23.1 Å². The van der Waals surface area contributed by atoms with Gasteiger partial charge in [0.1, 0.15) is 17.8 Å². The summed E-state index contributed by atoms with van der Waals surface area (Å²) >= 11 is 5.63. The molecule has 6 nitrogen and oxygen atoms in total. The minimum atomic E-state index is -0.186. The van der Waals surface area contributed by atoms with E-state index in [2.05, 4.69) is 20.4 Å². The number of halogens is 1. The summed E-state index contributed by atoms with van der Waals surface area (Å²) in [6, 6.07) is 3.20. The van der Waals surface area contributed by atoms with E-state index in [-0.39, 0.29) is 5.91 Å². The van der Waals surface area contributed by atoms with Crippen molar-refractivity contribution in [2.24, 2.45) is 0 Å². The molecule has 2 heterocycles. The molecule has 7 heteroatoms. The molecule has 0 aliphatic heterocycles. The second-order valence-corrected chi connectivity index (χ2v) is 3.67. The Morgan fingerprint density at radius 2 is 2.35 bits per heavy atom. The number of aromatic nitrogens is 4. The molecule has 88 valence electrons. The molecular formula is C10H10ClN5O. The zero-order valence-electron chi connectivity index (χ0n) is 8.88. The van der Waals surface area contributed by atoms with E-state index in [1.807, 2.05) is 0 Å². The van der Waals surface area contributed by atoms with Crippen molar-refractivity contribution in [2.45, 2.75) is 6.54 Å². The number of hydrogen-bond donors (Lipinski definition) is 1. The molecule has 0 atom stereocenters. The Labute approximate surface area is 103 Å². The van der Waals surface area contributed by atoms with Crippen LogP contribution >= 0.6 is 11.6 Å². The Morgan fingerprint density at radius 3 is 3.00 bits per heavy atom. The number of hydrogen-bond acceptors (Lipinski definition) is 4. The topological polar surface area (TPSA) is 72.7 Å². The van der Waals surface area contributed by atoms with Crippen LogP contribution in [0.1, 0.15) is 10.4 Å². The third-order valence-electron chi connectivity index (χ3n) is 2.08. The fourth-order valence-corrected chi connectivity index (χ4v) is 1.36. The Morgan fingerprint density at radius 1 is 1.47 bits per heavy atom. The fraction of sp³-hybridized carbons (Fsp3) is 0.200. The summed E-state index contributed by atoms with van der Waals surface area (Å²) in [6.07, 6.45) is 4.48. The Bertz CT molecular complexity index is 482. The lowest BCUT2D eigenvalue weighted by Gasteiger charge is -2.04. The highest BCUT2D eigenvalue weighted by Crippen LogP contribution is 2.04. The minimum Gasteiger partial charge on any atom is -0.350 e. The number of carbonyl (C=O) groups is 1. The third-order valence-corrected chi connectivity index (χ3v) is 2.31. The summed E-state index contributed by atoms with van der Waals surface area (Å²) < 4.78 is 1.64. The molecule has 17 heavy (non-hydrogen) atoms. The third kappa shape index (κ3) is 3.25. The van der Waals surface area contributed by atoms with Crippen LogP contribution in [0, 0.1) is 0 Å². The molecule has 0 aliphatic rings. The molecule has 0 unspecified atom stereocenters. The van der Waals surface area contributed by atoms with Gasteiger partial charge >= 0.3 is 0 Å². The molecule has 1 N–H and O–H groups in total. The summed E-state index contributed by atoms with van der Waals surface area (Å²) in [4.78, 5) is 19.3. The molecule has 2 aromatic rings. The van der Waals surface area contributed by atoms with Crippen LogP contribution < -0.4 is 5.32 Å². The second kappa shape index (κ2) is 5.40. The average molecular weight is 252 g/mol. The highest BCUT2D eigenvalue weighted by Gasteiger charge is 2.04. The van der Waals surface area contributed by atoms with Gasteiger partial charge < -0.3 is 5.32 Å². The Hall–Kier alpha value is -1.95. The maximum Gasteiger partial charge on any atom is 0.252 e. The number of nitrogens with one attached hydrogen (secondary N) is 1. The molecule has 1 amide bonds. The smallest absolute Gasteiger partial charge is 0.252 e. The van der Waals surface area contributed by atoms with E-state index in [9.17, 15) is 4.79 Å². The zero-order valence-corrected chi connectivity index (χ0v) is 9.63. The van der Waals surface area contributed by atoms with Crippen LogP contribution in [0.4, 0.5) is 0 Å². The van der Waals surface area contributed by atoms with Gasteiger partial charge in [0.25, 0.3) is 5.91 Å². The van der Waals surface area contributed by atoms with Crippen LogP contribution in [0.3, 0.4) is 0 Å². The SMILES string of the molecule is O=C(NCCn1cncn1)c1ccc(Cl)nc1. The summed E-state index contributed by atoms with van der Waals surface area (Å²) in [5, 5.41) is 7.03. The van der Waals surface area contributed by atoms with Gasteiger partial charge in [0.15, 0.2) is 0 Å². The van der Waals surface area contributed by atoms with Gasteiger partial charge in [-0.05, 0) is 12.1 Å². The van der Waals surface area contributed by atoms with Crippen LogP contribution in [0.5, 0.6) is 0 Å². The fourth-order valence-electron chi connectivity index (χ4n) is 1.24. The number of rotatable bonds is 4. The second-order valence-electron chi connectivity index (χ2n) is 3.28. The molecular weight excluding hydrogens is 242 g/mol. The van der Waals surface area contributed by atoms with Gasteiger partial charge in [0, 0.05) is 12.7 Å². The maximum absolute atomic E-state index is 11.6. The molecule has 0 saturated heterocycles. The number of amides is 1. The lowest BCUT2D eigenvalue weighted by Crippen LogP contribution is -2.27. The largest absolute Gasteiger partial charge is 0.350 e. The van der Waals surface area contributed by atoms with Gasteiger partial charge in [0.2, 0.25) is 0 Å². The lowest BCUT2D eigenvalue weighted by molar-refractivity contribution is 0.0951. The minimum absolute atomic E-state index is 0.186. The van der Waals surface area contributed by atoms with Gasteiger partial charge in [-0.1, -0.05) is 11.6 Å². The molecule has 0 bridgehead atoms. The Kier molecular flexibility index (Phi) is 3.66. The van der Waals surface area contributed by atoms with Gasteiger partial charge in [-0.25, -0.2) is 9.97 Å². The first-order valence-electron chi connectivity index (χ1n) is 4.98. The van der Waals surface area contributed by atoms with Crippen molar-refractivity contribution in [1.29, 1.82) is 0 Å². The molecule has 2 aromatic heterocycles. The first-order chi connectivity index (χ1) is 8.25. The van der Waals surface area contributed by atoms with Crippen molar-refractivity contribution < 1.29 is 4.79 Å². The van der Waals surface area contributed by atoms with Crippen molar-refractivity contribution >= 4 is 17.5 Å². The van der Waals surface area contributed by atoms with Crippen molar-refractivity contribution in [1.82, 2.24) is 25.1 Å². The van der Waals surface area contributed by atoms with Crippen LogP contribution in [0.2, 0.25) is 5.15 Å². The van der Waals surface area contributed by atoms with E-state index >= 15 is 0 Å². The number of carbonyl (C=O) groups excluding carboxylic acids is 1. The van der Waals surface area contributed by atoms with Crippen LogP contribution in [-0.4, -0.2) is 32.2 Å². The Balaban J connectivity index is 1.83. The quantitative estimate of drug-likeness (QED) is 0.814. The van der Waals surface area contributed by atoms with E-state index in [1.165, 1.54) is 12.5 Å². The van der Waals surface area contributed by atoms with Crippen LogP contribution in [0.25, 0.3) is 0 Å². The monoisotopic (exact) mass is 251 g/mol. The molecule has 0 aliphatic carbocycles. The molecule has 0 aromatic carbocycles. The van der Waals surface area contributed by atoms with E-state index in [0.717, 1.165) is 0 Å². The van der Waals surface area contributed by atoms with E-state index in [4.69, 9.17) is 11.6 Å². The highest BCUT2D eigenvalue weighted by molar-refractivity contribution is 6.29. The number of nitrogens with zero attached hydrogens (tertiary/aromatic N) is 4. The number of pyridine rings is 1. The van der Waals surface area contributed by atoms with Gasteiger partial charge in [-0.3, -0.25) is 9.48 Å². The first kappa shape index (κ1) is 11.5. The maximum atomic E-state index is 11.6. The van der Waals surface area contributed by atoms with Crippen molar-refractivity contribution in [3.63, 3.8) is 0 Å². The van der Waals surface area contributed by atoms with Crippen molar-refractivity contribution in [3.05, 3.63) is 41.7 Å². The summed E-state index contributed by atoms with van der Waals surface area (Å²) in [5.41, 5.74) is 0.480. The van der Waals surface area contributed by atoms with Crippen LogP contribution in [-0.2, 0) is 6.54 Å². The molecule has 2 rings (SSSR count). The van der Waals surface area contributed by atoms with Crippen molar-refractivity contribution in [2.75, 3.05) is 6.54 Å². The van der Waals surface area contributed by atoms with Gasteiger partial charge in [-0.2, -0.15) is 5.10 Å². The molecule has 0 fully saturated rings. The first-order valence-corrected chi connectivity index (χ1v) is 5.35. The van der Waals surface area contributed by atoms with Gasteiger partial charge in [0.05, 0.1) is 12.1 Å². The van der Waals surface area contributed by atoms with Gasteiger partial charge in [-0.15, -0.1) is 0 Å². The predicted octanol–water partition coefficient (Wildman–Crippen LogP) is 0.756. The summed E-state index contributed by atoms with van der Waals surface area (Å²) in [5.74, 6) is -0.186. The van der Waals surface area contributed by atoms with E-state index < -0.39 is 0 Å². The predicted molar refractivity (Wildman–Crippen MR) is 61.6 cm³/mol. The lowest BCUT2D eigenvalue weighted by atomic mass is 10.3. The average Bonchev–Trinajstić information content (AvgIpc) is 2.83. The normalized spacial score (nSPS) is 10.2. The summed E-state index contributed by atoms with van der Waals surface area (Å²) in [7, 11) is 0. The van der Waals surface area contributed by atoms with Crippen LogP contribution in [0.15, 0.2) is 31.0 Å². The standard InChI is InChI=1S/C10H10ClN5O/c11-9-2-1-8(5-14-9)10(17)13-3-4-16-7-12-6-15-16/h1-2,5-7H,3-4H2,(H,13,17). The molecule has 0 saturated carbocycles. The summed E-state index contributed by atoms with van der Waals surface area (Å²) in [6.45, 7) is 1.05. The highest BCUT2D eigenvalue weighted by atomic mass is 35.5. The zero-order chi connectivity index (χ0) is 12.1. The molecule has 0 spiro atoms.